The van der Waals surface area contributed by atoms with Crippen molar-refractivity contribution in [2.45, 2.75) is 51.6 Å². The Bertz CT molecular complexity index is 1160. The van der Waals surface area contributed by atoms with E-state index in [9.17, 15) is 14.7 Å². The number of aliphatic hydroxyl groups excluding tert-OH is 1. The fourth-order valence-electron chi connectivity index (χ4n) is 5.17. The highest BCUT2D eigenvalue weighted by molar-refractivity contribution is 6.46. The van der Waals surface area contributed by atoms with Crippen LogP contribution in [0.15, 0.2) is 35.9 Å². The Morgan fingerprint density at radius 1 is 0.882 bits per heavy atom. The predicted molar refractivity (Wildman–Crippen MR) is 128 cm³/mol. The van der Waals surface area contributed by atoms with Gasteiger partial charge in [-0.25, -0.2) is 0 Å². The minimum Gasteiger partial charge on any atom is -0.507 e. The van der Waals surface area contributed by atoms with Crippen LogP contribution in [0.25, 0.3) is 5.76 Å². The normalized spacial score (nSPS) is 20.1. The van der Waals surface area contributed by atoms with Crippen molar-refractivity contribution in [3.8, 4) is 17.2 Å². The molecule has 0 spiro atoms. The predicted octanol–water partition coefficient (Wildman–Crippen LogP) is 4.69. The molecule has 34 heavy (non-hydrogen) atoms. The summed E-state index contributed by atoms with van der Waals surface area (Å²) in [5, 5.41) is 11.5. The van der Waals surface area contributed by atoms with Crippen molar-refractivity contribution in [1.82, 2.24) is 4.90 Å². The summed E-state index contributed by atoms with van der Waals surface area (Å²) in [6.45, 7) is 3.72. The van der Waals surface area contributed by atoms with Crippen molar-refractivity contribution in [1.29, 1.82) is 0 Å². The van der Waals surface area contributed by atoms with Crippen LogP contribution in [-0.4, -0.2) is 49.1 Å². The van der Waals surface area contributed by atoms with Crippen LogP contribution in [0.5, 0.6) is 17.2 Å². The van der Waals surface area contributed by atoms with Gasteiger partial charge in [0.25, 0.3) is 11.7 Å². The largest absolute Gasteiger partial charge is 0.507 e. The summed E-state index contributed by atoms with van der Waals surface area (Å²) in [6, 6.07) is 8.19. The zero-order valence-electron chi connectivity index (χ0n) is 20.3. The van der Waals surface area contributed by atoms with E-state index in [0.29, 0.717) is 28.4 Å². The summed E-state index contributed by atoms with van der Waals surface area (Å²) in [5.41, 5.74) is 2.86. The zero-order valence-corrected chi connectivity index (χ0v) is 20.3. The van der Waals surface area contributed by atoms with Gasteiger partial charge in [-0.2, -0.15) is 0 Å². The second-order valence-electron chi connectivity index (χ2n) is 8.90. The SMILES string of the molecule is COc1cc(C)c(/C(O)=C2\C(=O)C(=O)N(C3CCCC3)C2c2ccc(OC)c(OC)c2)cc1C. The lowest BCUT2D eigenvalue weighted by molar-refractivity contribution is -0.141. The third kappa shape index (κ3) is 3.89. The number of rotatable bonds is 6. The zero-order chi connectivity index (χ0) is 24.6. The van der Waals surface area contributed by atoms with Crippen molar-refractivity contribution in [3.63, 3.8) is 0 Å². The van der Waals surface area contributed by atoms with E-state index in [4.69, 9.17) is 14.2 Å². The quantitative estimate of drug-likeness (QED) is 0.378. The number of methoxy groups -OCH3 is 3. The topological polar surface area (TPSA) is 85.3 Å². The summed E-state index contributed by atoms with van der Waals surface area (Å²) in [4.78, 5) is 28.3. The van der Waals surface area contributed by atoms with Crippen molar-refractivity contribution in [2.75, 3.05) is 21.3 Å². The van der Waals surface area contributed by atoms with Gasteiger partial charge in [0.15, 0.2) is 11.5 Å². The van der Waals surface area contributed by atoms with Crippen LogP contribution in [0.1, 0.15) is 54.0 Å². The van der Waals surface area contributed by atoms with Gasteiger partial charge in [0.1, 0.15) is 11.5 Å². The molecule has 1 heterocycles. The van der Waals surface area contributed by atoms with Crippen molar-refractivity contribution < 1.29 is 28.9 Å². The number of benzene rings is 2. The summed E-state index contributed by atoms with van der Waals surface area (Å²) in [5.74, 6) is 0.311. The van der Waals surface area contributed by atoms with E-state index in [0.717, 1.165) is 36.8 Å². The molecule has 180 valence electrons. The fraction of sp³-hybridized carbons (Fsp3) is 0.407. The van der Waals surface area contributed by atoms with Crippen molar-refractivity contribution >= 4 is 17.4 Å². The van der Waals surface area contributed by atoms with Gasteiger partial charge >= 0.3 is 0 Å². The number of ketones is 1. The van der Waals surface area contributed by atoms with Gasteiger partial charge in [0.2, 0.25) is 0 Å². The van der Waals surface area contributed by atoms with E-state index >= 15 is 0 Å². The van der Waals surface area contributed by atoms with E-state index < -0.39 is 17.7 Å². The van der Waals surface area contributed by atoms with Crippen LogP contribution in [0.2, 0.25) is 0 Å². The van der Waals surface area contributed by atoms with Crippen LogP contribution in [0.4, 0.5) is 0 Å². The maximum absolute atomic E-state index is 13.4. The number of hydrogen-bond acceptors (Lipinski definition) is 6. The molecule has 0 bridgehead atoms. The summed E-state index contributed by atoms with van der Waals surface area (Å²) >= 11 is 0. The number of hydrogen-bond donors (Lipinski definition) is 1. The molecule has 7 nitrogen and oxygen atoms in total. The first-order valence-electron chi connectivity index (χ1n) is 11.5. The molecule has 1 aliphatic carbocycles. The minimum atomic E-state index is -0.718. The summed E-state index contributed by atoms with van der Waals surface area (Å²) in [7, 11) is 4.68. The van der Waals surface area contributed by atoms with Gasteiger partial charge in [-0.05, 0) is 67.6 Å². The van der Waals surface area contributed by atoms with Gasteiger partial charge in [-0.3, -0.25) is 9.59 Å². The number of likely N-dealkylation sites (tertiary alicyclic amines) is 1. The Balaban J connectivity index is 1.94. The Morgan fingerprint density at radius 2 is 1.53 bits per heavy atom. The molecule has 2 fully saturated rings. The molecule has 1 amide bonds. The molecule has 4 rings (SSSR count). The monoisotopic (exact) mass is 465 g/mol. The molecule has 0 radical (unpaired) electrons. The maximum Gasteiger partial charge on any atom is 0.295 e. The van der Waals surface area contributed by atoms with Gasteiger partial charge < -0.3 is 24.2 Å². The Labute approximate surface area is 199 Å². The lowest BCUT2D eigenvalue weighted by Crippen LogP contribution is -2.37. The second kappa shape index (κ2) is 9.41. The highest BCUT2D eigenvalue weighted by Gasteiger charge is 2.49. The average Bonchev–Trinajstić information content (AvgIpc) is 3.46. The van der Waals surface area contributed by atoms with Crippen LogP contribution in [0.3, 0.4) is 0 Å². The van der Waals surface area contributed by atoms with E-state index in [1.54, 1.807) is 44.4 Å². The maximum atomic E-state index is 13.4. The third-order valence-electron chi connectivity index (χ3n) is 6.92. The molecule has 1 saturated carbocycles. The number of carbonyl (C=O) groups is 2. The number of Topliss-reactive ketones (excluding diaryl/α,β-unsaturated/α-hetero) is 1. The molecule has 0 aromatic heterocycles. The molecule has 1 aliphatic heterocycles. The van der Waals surface area contributed by atoms with Gasteiger partial charge in [-0.15, -0.1) is 0 Å². The molecule has 1 atom stereocenters. The molecular weight excluding hydrogens is 434 g/mol. The van der Waals surface area contributed by atoms with Crippen LogP contribution < -0.4 is 14.2 Å². The average molecular weight is 466 g/mol. The van der Waals surface area contributed by atoms with Gasteiger partial charge in [0, 0.05) is 11.6 Å². The van der Waals surface area contributed by atoms with Crippen LogP contribution in [-0.2, 0) is 9.59 Å². The molecule has 2 aromatic carbocycles. The molecule has 2 aromatic rings. The van der Waals surface area contributed by atoms with E-state index in [2.05, 4.69) is 0 Å². The number of ether oxygens (including phenoxy) is 3. The van der Waals surface area contributed by atoms with Crippen molar-refractivity contribution in [2.24, 2.45) is 0 Å². The van der Waals surface area contributed by atoms with E-state index in [1.165, 1.54) is 0 Å². The first-order valence-corrected chi connectivity index (χ1v) is 11.5. The standard InChI is InChI=1S/C27H31NO6/c1-15-13-21(33-4)16(2)12-19(15)25(29)23-24(17-10-11-20(32-3)22(14-17)34-5)28(27(31)26(23)30)18-8-6-7-9-18/h10-14,18,24,29H,6-9H2,1-5H3/b25-23+. The molecule has 2 aliphatic rings. The number of carbonyl (C=O) groups excluding carboxylic acids is 2. The second-order valence-corrected chi connectivity index (χ2v) is 8.90. The minimum absolute atomic E-state index is 0.0569. The van der Waals surface area contributed by atoms with Crippen molar-refractivity contribution in [3.05, 3.63) is 58.2 Å². The first-order chi connectivity index (χ1) is 16.3. The first kappa shape index (κ1) is 23.7. The van der Waals surface area contributed by atoms with Gasteiger partial charge in [0.05, 0.1) is 32.9 Å². The Kier molecular flexibility index (Phi) is 6.55. The number of aryl methyl sites for hydroxylation is 2. The molecule has 7 heteroatoms. The molecular formula is C27H31NO6. The smallest absolute Gasteiger partial charge is 0.295 e. The van der Waals surface area contributed by atoms with Gasteiger partial charge in [-0.1, -0.05) is 18.9 Å². The lowest BCUT2D eigenvalue weighted by Gasteiger charge is -2.31. The number of amides is 1. The van der Waals surface area contributed by atoms with Crippen LogP contribution in [0, 0.1) is 13.8 Å². The lowest BCUT2D eigenvalue weighted by atomic mass is 9.92. The highest BCUT2D eigenvalue weighted by atomic mass is 16.5. The highest BCUT2D eigenvalue weighted by Crippen LogP contribution is 2.45. The van der Waals surface area contributed by atoms with E-state index in [-0.39, 0.29) is 17.4 Å². The molecule has 1 N–H and O–H groups in total. The molecule has 1 unspecified atom stereocenters. The van der Waals surface area contributed by atoms with Crippen LogP contribution >= 0.6 is 0 Å². The summed E-state index contributed by atoms with van der Waals surface area (Å²) < 4.78 is 16.3. The number of aliphatic hydroxyl groups is 1. The molecule has 1 saturated heterocycles. The number of nitrogens with zero attached hydrogens (tertiary/aromatic N) is 1. The fourth-order valence-corrected chi connectivity index (χ4v) is 5.17. The Hall–Kier alpha value is -3.48. The third-order valence-corrected chi connectivity index (χ3v) is 6.92. The van der Waals surface area contributed by atoms with E-state index in [1.807, 2.05) is 26.0 Å². The Morgan fingerprint density at radius 3 is 2.15 bits per heavy atom. The summed E-state index contributed by atoms with van der Waals surface area (Å²) in [6.07, 6.45) is 3.67.